The Hall–Kier alpha value is -1.59. The van der Waals surface area contributed by atoms with Crippen LogP contribution in [0.3, 0.4) is 0 Å². The van der Waals surface area contributed by atoms with Gasteiger partial charge in [0.05, 0.1) is 0 Å². The largest absolute Gasteiger partial charge is 0.351 e. The van der Waals surface area contributed by atoms with Gasteiger partial charge in [-0.1, -0.05) is 30.3 Å². The molecule has 0 unspecified atom stereocenters. The van der Waals surface area contributed by atoms with Crippen LogP contribution in [0, 0.1) is 0 Å². The topological polar surface area (TPSA) is 63.8 Å². The zero-order valence-electron chi connectivity index (χ0n) is 12.6. The summed E-state index contributed by atoms with van der Waals surface area (Å²) in [7, 11) is 0. The lowest BCUT2D eigenvalue weighted by Crippen LogP contribution is -2.33. The highest BCUT2D eigenvalue weighted by molar-refractivity contribution is 7.98. The maximum absolute atomic E-state index is 5.95. The van der Waals surface area contributed by atoms with Gasteiger partial charge in [0.2, 0.25) is 5.95 Å². The maximum atomic E-state index is 5.95. The Balaban J connectivity index is 1.55. The first-order valence-electron chi connectivity index (χ1n) is 7.81. The fourth-order valence-electron chi connectivity index (χ4n) is 2.67. The molecule has 2 aromatic rings. The summed E-state index contributed by atoms with van der Waals surface area (Å²) in [5.74, 6) is 1.66. The Labute approximate surface area is 135 Å². The minimum Gasteiger partial charge on any atom is -0.351 e. The number of hydrogen-bond donors (Lipinski definition) is 2. The second-order valence-electron chi connectivity index (χ2n) is 5.75. The molecule has 0 bridgehead atoms. The smallest absolute Gasteiger partial charge is 0.223 e. The molecule has 22 heavy (non-hydrogen) atoms. The van der Waals surface area contributed by atoms with Crippen molar-refractivity contribution in [2.75, 3.05) is 5.32 Å². The first-order valence-corrected chi connectivity index (χ1v) is 8.80. The van der Waals surface area contributed by atoms with E-state index in [0.717, 1.165) is 42.4 Å². The molecule has 1 aliphatic rings. The van der Waals surface area contributed by atoms with Crippen LogP contribution in [0.5, 0.6) is 0 Å². The van der Waals surface area contributed by atoms with Crippen molar-refractivity contribution in [1.82, 2.24) is 9.97 Å². The summed E-state index contributed by atoms with van der Waals surface area (Å²) in [4.78, 5) is 8.95. The first-order chi connectivity index (χ1) is 10.8. The number of rotatable bonds is 5. The molecule has 0 saturated heterocycles. The highest BCUT2D eigenvalue weighted by Crippen LogP contribution is 2.23. The van der Waals surface area contributed by atoms with Crippen molar-refractivity contribution in [2.24, 2.45) is 5.73 Å². The van der Waals surface area contributed by atoms with E-state index in [4.69, 9.17) is 5.73 Å². The number of benzene rings is 1. The highest BCUT2D eigenvalue weighted by atomic mass is 32.2. The number of thioether (sulfide) groups is 1. The summed E-state index contributed by atoms with van der Waals surface area (Å²) in [6.07, 6.45) is 6.20. The van der Waals surface area contributed by atoms with Crippen molar-refractivity contribution in [3.05, 3.63) is 48.2 Å². The lowest BCUT2D eigenvalue weighted by atomic mass is 9.92. The summed E-state index contributed by atoms with van der Waals surface area (Å²) in [6.45, 7) is 0. The molecule has 3 rings (SSSR count). The Morgan fingerprint density at radius 3 is 2.64 bits per heavy atom. The average molecular weight is 314 g/mol. The van der Waals surface area contributed by atoms with E-state index in [2.05, 4.69) is 39.6 Å². The van der Waals surface area contributed by atoms with E-state index in [1.165, 1.54) is 5.56 Å². The molecular weight excluding hydrogens is 292 g/mol. The van der Waals surface area contributed by atoms with Crippen LogP contribution in [0.4, 0.5) is 5.95 Å². The van der Waals surface area contributed by atoms with E-state index in [1.54, 1.807) is 11.8 Å². The Kier molecular flexibility index (Phi) is 5.29. The molecule has 116 valence electrons. The van der Waals surface area contributed by atoms with Crippen LogP contribution >= 0.6 is 11.8 Å². The van der Waals surface area contributed by atoms with E-state index < -0.39 is 0 Å². The van der Waals surface area contributed by atoms with Crippen molar-refractivity contribution in [1.29, 1.82) is 0 Å². The number of nitrogens with one attached hydrogen (secondary N) is 1. The number of aromatic nitrogens is 2. The van der Waals surface area contributed by atoms with Crippen molar-refractivity contribution < 1.29 is 0 Å². The second kappa shape index (κ2) is 7.61. The molecule has 1 aromatic heterocycles. The van der Waals surface area contributed by atoms with E-state index in [0.29, 0.717) is 12.1 Å². The van der Waals surface area contributed by atoms with Crippen molar-refractivity contribution in [2.45, 2.75) is 48.5 Å². The third-order valence-electron chi connectivity index (χ3n) is 3.96. The summed E-state index contributed by atoms with van der Waals surface area (Å²) in [5.41, 5.74) is 7.25. The molecule has 1 aliphatic carbocycles. The molecule has 0 spiro atoms. The zero-order chi connectivity index (χ0) is 15.2. The Morgan fingerprint density at radius 1 is 1.09 bits per heavy atom. The van der Waals surface area contributed by atoms with Crippen LogP contribution in [0.2, 0.25) is 0 Å². The summed E-state index contributed by atoms with van der Waals surface area (Å²) >= 11 is 1.74. The van der Waals surface area contributed by atoms with Crippen LogP contribution in [0.1, 0.15) is 31.2 Å². The molecule has 4 nitrogen and oxygen atoms in total. The molecule has 0 aliphatic heterocycles. The van der Waals surface area contributed by atoms with Crippen LogP contribution < -0.4 is 11.1 Å². The van der Waals surface area contributed by atoms with Gasteiger partial charge in [0.15, 0.2) is 0 Å². The van der Waals surface area contributed by atoms with Gasteiger partial charge in [-0.2, -0.15) is 0 Å². The predicted octanol–water partition coefficient (Wildman–Crippen LogP) is 3.45. The summed E-state index contributed by atoms with van der Waals surface area (Å²) < 4.78 is 0. The van der Waals surface area contributed by atoms with E-state index >= 15 is 0 Å². The van der Waals surface area contributed by atoms with Gasteiger partial charge in [0.25, 0.3) is 0 Å². The van der Waals surface area contributed by atoms with Crippen molar-refractivity contribution >= 4 is 17.7 Å². The fourth-order valence-corrected chi connectivity index (χ4v) is 3.48. The van der Waals surface area contributed by atoms with Gasteiger partial charge in [-0.25, -0.2) is 9.97 Å². The third-order valence-corrected chi connectivity index (χ3v) is 4.97. The fraction of sp³-hybridized carbons (Fsp3) is 0.412. The summed E-state index contributed by atoms with van der Waals surface area (Å²) in [6, 6.07) is 13.2. The van der Waals surface area contributed by atoms with Gasteiger partial charge in [0.1, 0.15) is 5.03 Å². The standard InChI is InChI=1S/C17H22N4S/c18-14-6-8-15(9-7-14)20-17-19-11-10-16(21-17)22-12-13-4-2-1-3-5-13/h1-5,10-11,14-15H,6-9,12,18H2,(H,19,20,21). The van der Waals surface area contributed by atoms with Gasteiger partial charge in [0, 0.05) is 24.0 Å². The highest BCUT2D eigenvalue weighted by Gasteiger charge is 2.18. The van der Waals surface area contributed by atoms with Gasteiger partial charge >= 0.3 is 0 Å². The normalized spacial score (nSPS) is 21.5. The first kappa shape index (κ1) is 15.3. The third kappa shape index (κ3) is 4.45. The molecule has 3 N–H and O–H groups in total. The summed E-state index contributed by atoms with van der Waals surface area (Å²) in [5, 5.41) is 4.46. The zero-order valence-corrected chi connectivity index (χ0v) is 13.4. The molecule has 0 amide bonds. The van der Waals surface area contributed by atoms with E-state index in [1.807, 2.05) is 18.3 Å². The van der Waals surface area contributed by atoms with Gasteiger partial charge < -0.3 is 11.1 Å². The molecule has 1 heterocycles. The quantitative estimate of drug-likeness (QED) is 0.654. The molecule has 0 atom stereocenters. The van der Waals surface area contributed by atoms with Crippen molar-refractivity contribution in [3.63, 3.8) is 0 Å². The molecule has 1 fully saturated rings. The Morgan fingerprint density at radius 2 is 1.86 bits per heavy atom. The second-order valence-corrected chi connectivity index (χ2v) is 6.74. The Bertz CT molecular complexity index is 582. The number of anilines is 1. The molecule has 1 aromatic carbocycles. The van der Waals surface area contributed by atoms with Crippen LogP contribution in [-0.4, -0.2) is 22.1 Å². The molecule has 5 heteroatoms. The SMILES string of the molecule is NC1CCC(Nc2nccc(SCc3ccccc3)n2)CC1. The number of hydrogen-bond acceptors (Lipinski definition) is 5. The van der Waals surface area contributed by atoms with Gasteiger partial charge in [-0.05, 0) is 37.3 Å². The maximum Gasteiger partial charge on any atom is 0.223 e. The minimum atomic E-state index is 0.367. The molecular formula is C17H22N4S. The van der Waals surface area contributed by atoms with Gasteiger partial charge in [-0.3, -0.25) is 0 Å². The number of nitrogens with two attached hydrogens (primary N) is 1. The van der Waals surface area contributed by atoms with Crippen LogP contribution in [0.15, 0.2) is 47.6 Å². The van der Waals surface area contributed by atoms with E-state index in [-0.39, 0.29) is 0 Å². The van der Waals surface area contributed by atoms with Crippen molar-refractivity contribution in [3.8, 4) is 0 Å². The molecule has 0 radical (unpaired) electrons. The molecule has 1 saturated carbocycles. The van der Waals surface area contributed by atoms with Crippen LogP contribution in [0.25, 0.3) is 0 Å². The predicted molar refractivity (Wildman–Crippen MR) is 91.9 cm³/mol. The monoisotopic (exact) mass is 314 g/mol. The van der Waals surface area contributed by atoms with Crippen LogP contribution in [-0.2, 0) is 5.75 Å². The van der Waals surface area contributed by atoms with E-state index in [9.17, 15) is 0 Å². The average Bonchev–Trinajstić information content (AvgIpc) is 2.57. The minimum absolute atomic E-state index is 0.367. The lowest BCUT2D eigenvalue weighted by Gasteiger charge is -2.26. The number of nitrogens with zero attached hydrogens (tertiary/aromatic N) is 2. The lowest BCUT2D eigenvalue weighted by molar-refractivity contribution is 0.409. The van der Waals surface area contributed by atoms with Gasteiger partial charge in [-0.15, -0.1) is 11.8 Å².